The molecule has 0 radical (unpaired) electrons. The Labute approximate surface area is 176 Å². The minimum absolute atomic E-state index is 0.0353. The van der Waals surface area contributed by atoms with Gasteiger partial charge in [-0.25, -0.2) is 4.79 Å². The van der Waals surface area contributed by atoms with Crippen LogP contribution in [0.4, 0.5) is 0 Å². The molecular formula is C24H32O6. The van der Waals surface area contributed by atoms with Crippen LogP contribution in [0, 0.1) is 16.7 Å². The number of fused-ring (bicyclic) bond motifs is 5. The Morgan fingerprint density at radius 1 is 1.03 bits per heavy atom. The zero-order valence-corrected chi connectivity index (χ0v) is 17.7. The minimum Gasteiger partial charge on any atom is -0.431 e. The predicted octanol–water partition coefficient (Wildman–Crippen LogP) is 2.25. The zero-order valence-electron chi connectivity index (χ0n) is 17.7. The first-order valence-corrected chi connectivity index (χ1v) is 11.2. The minimum atomic E-state index is -1.42. The van der Waals surface area contributed by atoms with Crippen molar-refractivity contribution in [2.45, 2.75) is 88.1 Å². The largest absolute Gasteiger partial charge is 0.431 e. The fourth-order valence-corrected chi connectivity index (χ4v) is 7.91. The first kappa shape index (κ1) is 20.4. The molecule has 0 aromatic carbocycles. The average molecular weight is 417 g/mol. The van der Waals surface area contributed by atoms with E-state index in [0.29, 0.717) is 25.7 Å². The summed E-state index contributed by atoms with van der Waals surface area (Å²) in [5.74, 6) is -0.218. The van der Waals surface area contributed by atoms with Gasteiger partial charge in [-0.05, 0) is 73.0 Å². The second-order valence-electron chi connectivity index (χ2n) is 10.6. The van der Waals surface area contributed by atoms with Gasteiger partial charge in [-0.3, -0.25) is 0 Å². The van der Waals surface area contributed by atoms with Gasteiger partial charge in [-0.15, -0.1) is 0 Å². The Kier molecular flexibility index (Phi) is 4.28. The topological polar surface area (TPSA) is 111 Å². The molecule has 0 spiro atoms. The van der Waals surface area contributed by atoms with E-state index in [0.717, 1.165) is 24.0 Å². The molecule has 8 atom stereocenters. The first-order chi connectivity index (χ1) is 14.1. The van der Waals surface area contributed by atoms with Crippen LogP contribution in [-0.4, -0.2) is 43.8 Å². The molecule has 0 bridgehead atoms. The van der Waals surface area contributed by atoms with Gasteiger partial charge in [0, 0.05) is 17.9 Å². The standard InChI is InChI=1S/C24H32O6/c1-21-8-5-15(25)11-17(21)18(26)12-23(28)19(21)7-9-22(2)16(6-10-24(22,23)29)14-3-4-20(27)30-13-14/h3-4,11,13,15-16,18-19,25-26,28-29H,5-10,12H2,1-2H3/t15-,16+,18+,19+,21-,22+,23-,24+/m0/s1. The molecule has 0 unspecified atom stereocenters. The Hall–Kier alpha value is -1.47. The van der Waals surface area contributed by atoms with Crippen LogP contribution in [0.3, 0.4) is 0 Å². The smallest absolute Gasteiger partial charge is 0.335 e. The second-order valence-corrected chi connectivity index (χ2v) is 10.6. The molecule has 4 aliphatic rings. The van der Waals surface area contributed by atoms with Gasteiger partial charge in [0.15, 0.2) is 0 Å². The highest BCUT2D eigenvalue weighted by molar-refractivity contribution is 5.37. The lowest BCUT2D eigenvalue weighted by Crippen LogP contribution is -2.73. The summed E-state index contributed by atoms with van der Waals surface area (Å²) < 4.78 is 5.10. The third-order valence-corrected chi connectivity index (χ3v) is 9.50. The van der Waals surface area contributed by atoms with Gasteiger partial charge in [0.05, 0.1) is 24.1 Å². The lowest BCUT2D eigenvalue weighted by atomic mass is 9.42. The van der Waals surface area contributed by atoms with Crippen molar-refractivity contribution in [2.24, 2.45) is 16.7 Å². The van der Waals surface area contributed by atoms with Crippen molar-refractivity contribution < 1.29 is 24.8 Å². The molecule has 1 aromatic rings. The lowest BCUT2D eigenvalue weighted by Gasteiger charge is -2.66. The molecule has 6 nitrogen and oxygen atoms in total. The number of aliphatic hydroxyl groups excluding tert-OH is 2. The van der Waals surface area contributed by atoms with E-state index in [1.165, 1.54) is 12.3 Å². The van der Waals surface area contributed by atoms with E-state index in [1.54, 1.807) is 12.1 Å². The number of rotatable bonds is 1. The Morgan fingerprint density at radius 2 is 1.80 bits per heavy atom. The molecule has 0 amide bonds. The van der Waals surface area contributed by atoms with Crippen molar-refractivity contribution in [3.8, 4) is 0 Å². The normalized spacial score (nSPS) is 50.3. The summed E-state index contributed by atoms with van der Waals surface area (Å²) in [6.07, 6.45) is 5.77. The van der Waals surface area contributed by atoms with Crippen LogP contribution in [0.5, 0.6) is 0 Å². The van der Waals surface area contributed by atoms with Gasteiger partial charge in [-0.2, -0.15) is 0 Å². The van der Waals surface area contributed by atoms with Crippen LogP contribution >= 0.6 is 0 Å². The van der Waals surface area contributed by atoms with Crippen LogP contribution in [0.25, 0.3) is 0 Å². The number of aliphatic hydroxyl groups is 4. The summed E-state index contributed by atoms with van der Waals surface area (Å²) >= 11 is 0. The van der Waals surface area contributed by atoms with E-state index in [1.807, 2.05) is 6.92 Å². The van der Waals surface area contributed by atoms with E-state index in [2.05, 4.69) is 6.92 Å². The number of hydrogen-bond donors (Lipinski definition) is 4. The zero-order chi connectivity index (χ0) is 21.5. The molecule has 1 heterocycles. The highest BCUT2D eigenvalue weighted by atomic mass is 16.4. The van der Waals surface area contributed by atoms with Crippen LogP contribution in [0.2, 0.25) is 0 Å². The van der Waals surface area contributed by atoms with Crippen LogP contribution in [-0.2, 0) is 0 Å². The number of hydrogen-bond acceptors (Lipinski definition) is 6. The van der Waals surface area contributed by atoms with E-state index in [4.69, 9.17) is 4.42 Å². The molecule has 4 N–H and O–H groups in total. The van der Waals surface area contributed by atoms with Gasteiger partial charge < -0.3 is 24.8 Å². The Bertz CT molecular complexity index is 933. The van der Waals surface area contributed by atoms with Crippen molar-refractivity contribution >= 4 is 0 Å². The molecule has 0 saturated heterocycles. The molecule has 3 fully saturated rings. The van der Waals surface area contributed by atoms with Crippen LogP contribution in [0.1, 0.15) is 70.3 Å². The summed E-state index contributed by atoms with van der Waals surface area (Å²) in [6.45, 7) is 4.11. The van der Waals surface area contributed by atoms with Crippen LogP contribution in [0.15, 0.2) is 39.3 Å². The summed E-state index contributed by atoms with van der Waals surface area (Å²) in [7, 11) is 0. The summed E-state index contributed by atoms with van der Waals surface area (Å²) in [5.41, 5.74) is -2.51. The maximum Gasteiger partial charge on any atom is 0.335 e. The van der Waals surface area contributed by atoms with E-state index in [-0.39, 0.29) is 18.3 Å². The fraction of sp³-hybridized carbons (Fsp3) is 0.708. The Balaban J connectivity index is 1.59. The third kappa shape index (κ3) is 2.36. The maximum absolute atomic E-state index is 12.2. The van der Waals surface area contributed by atoms with Crippen molar-refractivity contribution in [2.75, 3.05) is 0 Å². The molecule has 4 aliphatic carbocycles. The van der Waals surface area contributed by atoms with E-state index < -0.39 is 39.9 Å². The highest BCUT2D eigenvalue weighted by Gasteiger charge is 2.74. The molecule has 1 aromatic heterocycles. The maximum atomic E-state index is 12.2. The molecule has 0 aliphatic heterocycles. The van der Waals surface area contributed by atoms with Crippen molar-refractivity contribution in [1.29, 1.82) is 0 Å². The van der Waals surface area contributed by atoms with Gasteiger partial charge >= 0.3 is 5.63 Å². The van der Waals surface area contributed by atoms with Gasteiger partial charge in [0.2, 0.25) is 0 Å². The van der Waals surface area contributed by atoms with Crippen molar-refractivity contribution in [1.82, 2.24) is 0 Å². The summed E-state index contributed by atoms with van der Waals surface area (Å²) in [5, 5.41) is 45.5. The highest BCUT2D eigenvalue weighted by Crippen LogP contribution is 2.71. The van der Waals surface area contributed by atoms with Gasteiger partial charge in [-0.1, -0.05) is 19.9 Å². The van der Waals surface area contributed by atoms with Gasteiger partial charge in [0.25, 0.3) is 0 Å². The molecule has 30 heavy (non-hydrogen) atoms. The predicted molar refractivity (Wildman–Crippen MR) is 110 cm³/mol. The fourth-order valence-electron chi connectivity index (χ4n) is 7.91. The van der Waals surface area contributed by atoms with Crippen molar-refractivity contribution in [3.63, 3.8) is 0 Å². The van der Waals surface area contributed by atoms with E-state index in [9.17, 15) is 25.2 Å². The SMILES string of the molecule is C[C@]12CC[C@H](O)C=C1[C@H](O)C[C@]1(O)[C@@H]2CC[C@]2(C)[C@@H](c3ccc(=O)oc3)CC[C@@]21O. The molecule has 6 heteroatoms. The summed E-state index contributed by atoms with van der Waals surface area (Å²) in [6, 6.07) is 3.18. The summed E-state index contributed by atoms with van der Waals surface area (Å²) in [4.78, 5) is 11.4. The monoisotopic (exact) mass is 416 g/mol. The molecule has 3 saturated carbocycles. The molecular weight excluding hydrogens is 384 g/mol. The lowest BCUT2D eigenvalue weighted by molar-refractivity contribution is -0.284. The molecule has 164 valence electrons. The second kappa shape index (κ2) is 6.28. The van der Waals surface area contributed by atoms with Crippen molar-refractivity contribution in [3.05, 3.63) is 46.0 Å². The third-order valence-electron chi connectivity index (χ3n) is 9.50. The molecule has 5 rings (SSSR count). The van der Waals surface area contributed by atoms with Crippen LogP contribution < -0.4 is 5.63 Å². The quantitative estimate of drug-likeness (QED) is 0.523. The van der Waals surface area contributed by atoms with E-state index >= 15 is 0 Å². The average Bonchev–Trinajstić information content (AvgIpc) is 2.97. The van der Waals surface area contributed by atoms with Gasteiger partial charge in [0.1, 0.15) is 5.60 Å². The first-order valence-electron chi connectivity index (χ1n) is 11.2. The Morgan fingerprint density at radius 3 is 2.50 bits per heavy atom.